The summed E-state index contributed by atoms with van der Waals surface area (Å²) in [6.45, 7) is 0.243. The van der Waals surface area contributed by atoms with Gasteiger partial charge in [0.2, 0.25) is 0 Å². The molecule has 0 aliphatic rings. The number of para-hydroxylation sites is 1. The van der Waals surface area contributed by atoms with E-state index in [1.165, 1.54) is 43.3 Å². The van der Waals surface area contributed by atoms with Gasteiger partial charge in [0.05, 0.1) is 23.3 Å². The van der Waals surface area contributed by atoms with Crippen LogP contribution in [0, 0.1) is 12.7 Å². The summed E-state index contributed by atoms with van der Waals surface area (Å²) in [5.74, 6) is -2.58. The van der Waals surface area contributed by atoms with E-state index in [4.69, 9.17) is 0 Å². The number of fused-ring (bicyclic) bond motifs is 1. The number of nitrogens with zero attached hydrogens (tertiary/aromatic N) is 2. The SMILES string of the molecule is Cc1noc(=O)c2ccc(NC(=O)C(O)(CN(C)c3ccccc3F)C(F)(F)F)cc12. The van der Waals surface area contributed by atoms with Gasteiger partial charge in [-0.25, -0.2) is 9.18 Å². The predicted octanol–water partition coefficient (Wildman–Crippen LogP) is 3.00. The topological polar surface area (TPSA) is 95.7 Å². The fourth-order valence-corrected chi connectivity index (χ4v) is 3.02. The molecular weight excluding hydrogens is 422 g/mol. The minimum absolute atomic E-state index is 0.107. The Balaban J connectivity index is 1.93. The Morgan fingerprint density at radius 3 is 2.52 bits per heavy atom. The molecule has 1 atom stereocenters. The van der Waals surface area contributed by atoms with Crippen molar-refractivity contribution in [2.45, 2.75) is 18.7 Å². The predicted molar refractivity (Wildman–Crippen MR) is 104 cm³/mol. The molecule has 31 heavy (non-hydrogen) atoms. The van der Waals surface area contributed by atoms with Gasteiger partial charge in [-0.15, -0.1) is 0 Å². The Morgan fingerprint density at radius 1 is 1.19 bits per heavy atom. The Bertz CT molecular complexity index is 1190. The number of carbonyl (C=O) groups excluding carboxylic acids is 1. The van der Waals surface area contributed by atoms with Crippen molar-refractivity contribution >= 4 is 28.1 Å². The van der Waals surface area contributed by atoms with Gasteiger partial charge in [-0.1, -0.05) is 17.3 Å². The Morgan fingerprint density at radius 2 is 1.87 bits per heavy atom. The Labute approximate surface area is 172 Å². The maximum atomic E-state index is 13.9. The Hall–Kier alpha value is -3.47. The van der Waals surface area contributed by atoms with Gasteiger partial charge in [-0.3, -0.25) is 4.79 Å². The van der Waals surface area contributed by atoms with Crippen molar-refractivity contribution in [2.75, 3.05) is 23.8 Å². The standard InChI is InChI=1S/C20H17F4N3O4/c1-11-14-9-12(7-8-13(14)17(28)31-26-11)25-18(29)19(30,20(22,23)24)10-27(2)16-6-4-3-5-15(16)21/h3-9,30H,10H2,1-2H3,(H,25,29). The highest BCUT2D eigenvalue weighted by atomic mass is 19.4. The summed E-state index contributed by atoms with van der Waals surface area (Å²) in [4.78, 5) is 25.0. The molecule has 1 aromatic heterocycles. The molecule has 1 unspecified atom stereocenters. The normalized spacial score (nSPS) is 13.6. The van der Waals surface area contributed by atoms with Crippen LogP contribution < -0.4 is 15.8 Å². The van der Waals surface area contributed by atoms with Crippen LogP contribution in [0.25, 0.3) is 10.8 Å². The number of carbonyl (C=O) groups is 1. The minimum atomic E-state index is -5.37. The number of aryl methyl sites for hydroxylation is 1. The number of amides is 1. The highest BCUT2D eigenvalue weighted by Crippen LogP contribution is 2.34. The summed E-state index contributed by atoms with van der Waals surface area (Å²) in [5, 5.41) is 16.2. The summed E-state index contributed by atoms with van der Waals surface area (Å²) < 4.78 is 59.6. The quantitative estimate of drug-likeness (QED) is 0.594. The van der Waals surface area contributed by atoms with Gasteiger partial charge >= 0.3 is 11.8 Å². The monoisotopic (exact) mass is 439 g/mol. The van der Waals surface area contributed by atoms with Crippen LogP contribution in [0.4, 0.5) is 28.9 Å². The van der Waals surface area contributed by atoms with Gasteiger partial charge in [0.1, 0.15) is 5.82 Å². The zero-order valence-electron chi connectivity index (χ0n) is 16.3. The van der Waals surface area contributed by atoms with E-state index in [-0.39, 0.29) is 27.8 Å². The van der Waals surface area contributed by atoms with Crippen molar-refractivity contribution in [1.29, 1.82) is 0 Å². The Kier molecular flexibility index (Phi) is 5.72. The number of aliphatic hydroxyl groups is 1. The van der Waals surface area contributed by atoms with Crippen LogP contribution >= 0.6 is 0 Å². The van der Waals surface area contributed by atoms with Gasteiger partial charge in [-0.05, 0) is 37.3 Å². The van der Waals surface area contributed by atoms with Crippen LogP contribution in [0.1, 0.15) is 5.69 Å². The molecule has 3 aromatic rings. The fourth-order valence-electron chi connectivity index (χ4n) is 3.02. The molecule has 0 fully saturated rings. The molecule has 2 N–H and O–H groups in total. The third-order valence-corrected chi connectivity index (χ3v) is 4.73. The molecule has 0 saturated heterocycles. The molecule has 1 heterocycles. The van der Waals surface area contributed by atoms with Crippen molar-refractivity contribution < 1.29 is 32.0 Å². The molecule has 0 spiro atoms. The molecule has 0 bridgehead atoms. The lowest BCUT2D eigenvalue weighted by molar-refractivity contribution is -0.245. The molecular formula is C20H17F4N3O4. The van der Waals surface area contributed by atoms with E-state index in [9.17, 15) is 32.3 Å². The van der Waals surface area contributed by atoms with Crippen LogP contribution in [-0.4, -0.2) is 41.5 Å². The average molecular weight is 439 g/mol. The number of rotatable bonds is 5. The molecule has 3 rings (SSSR count). The van der Waals surface area contributed by atoms with Crippen LogP contribution in [0.3, 0.4) is 0 Å². The van der Waals surface area contributed by atoms with Gasteiger partial charge in [0.15, 0.2) is 0 Å². The molecule has 0 saturated carbocycles. The molecule has 7 nitrogen and oxygen atoms in total. The smallest absolute Gasteiger partial charge is 0.371 e. The summed E-state index contributed by atoms with van der Waals surface area (Å²) in [6.07, 6.45) is -5.37. The van der Waals surface area contributed by atoms with E-state index in [0.717, 1.165) is 18.0 Å². The first-order valence-electron chi connectivity index (χ1n) is 8.90. The number of likely N-dealkylation sites (N-methyl/N-ethyl adjacent to an activating group) is 1. The van der Waals surface area contributed by atoms with Crippen molar-refractivity contribution in [1.82, 2.24) is 5.16 Å². The number of nitrogens with one attached hydrogen (secondary N) is 1. The second-order valence-electron chi connectivity index (χ2n) is 6.94. The first-order valence-corrected chi connectivity index (χ1v) is 8.90. The first-order chi connectivity index (χ1) is 14.4. The lowest BCUT2D eigenvalue weighted by atomic mass is 10.0. The third-order valence-electron chi connectivity index (χ3n) is 4.73. The lowest BCUT2D eigenvalue weighted by Gasteiger charge is -2.33. The largest absolute Gasteiger partial charge is 0.428 e. The summed E-state index contributed by atoms with van der Waals surface area (Å²) in [5.41, 5.74) is -4.67. The van der Waals surface area contributed by atoms with E-state index in [1.54, 1.807) is 0 Å². The molecule has 0 aliphatic carbocycles. The van der Waals surface area contributed by atoms with Gasteiger partial charge in [0, 0.05) is 18.1 Å². The van der Waals surface area contributed by atoms with E-state index < -0.39 is 35.7 Å². The van der Waals surface area contributed by atoms with E-state index in [0.29, 0.717) is 0 Å². The molecule has 1 amide bonds. The molecule has 2 aromatic carbocycles. The third kappa shape index (κ3) is 4.22. The number of hydrogen-bond donors (Lipinski definition) is 2. The number of hydrogen-bond acceptors (Lipinski definition) is 6. The summed E-state index contributed by atoms with van der Waals surface area (Å²) >= 11 is 0. The first kappa shape index (κ1) is 22.2. The second-order valence-corrected chi connectivity index (χ2v) is 6.94. The number of anilines is 2. The van der Waals surface area contributed by atoms with Crippen LogP contribution in [-0.2, 0) is 4.79 Å². The molecule has 164 valence electrons. The minimum Gasteiger partial charge on any atom is -0.371 e. The zero-order valence-corrected chi connectivity index (χ0v) is 16.3. The van der Waals surface area contributed by atoms with Crippen LogP contribution in [0.15, 0.2) is 51.8 Å². The van der Waals surface area contributed by atoms with Crippen molar-refractivity contribution in [3.05, 3.63) is 64.4 Å². The molecule has 0 radical (unpaired) electrons. The summed E-state index contributed by atoms with van der Waals surface area (Å²) in [7, 11) is 1.12. The fraction of sp³-hybridized carbons (Fsp3) is 0.250. The van der Waals surface area contributed by atoms with E-state index >= 15 is 0 Å². The lowest BCUT2D eigenvalue weighted by Crippen LogP contribution is -2.60. The van der Waals surface area contributed by atoms with Gasteiger partial charge < -0.3 is 19.8 Å². The number of aromatic nitrogens is 1. The highest BCUT2D eigenvalue weighted by Gasteiger charge is 2.60. The van der Waals surface area contributed by atoms with Gasteiger partial charge in [-0.2, -0.15) is 13.2 Å². The zero-order chi connectivity index (χ0) is 23.0. The maximum Gasteiger partial charge on any atom is 0.428 e. The van der Waals surface area contributed by atoms with Crippen molar-refractivity contribution in [3.63, 3.8) is 0 Å². The van der Waals surface area contributed by atoms with Crippen molar-refractivity contribution in [3.8, 4) is 0 Å². The molecule has 0 aliphatic heterocycles. The molecule has 11 heteroatoms. The van der Waals surface area contributed by atoms with Gasteiger partial charge in [0.25, 0.3) is 11.5 Å². The highest BCUT2D eigenvalue weighted by molar-refractivity contribution is 6.00. The maximum absolute atomic E-state index is 13.9. The van der Waals surface area contributed by atoms with Crippen LogP contribution in [0.2, 0.25) is 0 Å². The number of benzene rings is 2. The van der Waals surface area contributed by atoms with E-state index in [2.05, 4.69) is 9.68 Å². The summed E-state index contributed by atoms with van der Waals surface area (Å²) in [6, 6.07) is 8.70. The van der Waals surface area contributed by atoms with Crippen molar-refractivity contribution in [2.24, 2.45) is 0 Å². The number of alkyl halides is 3. The average Bonchev–Trinajstić information content (AvgIpc) is 2.70. The second kappa shape index (κ2) is 7.99. The number of halogens is 4. The van der Waals surface area contributed by atoms with E-state index in [1.807, 2.05) is 5.32 Å². The van der Waals surface area contributed by atoms with Crippen LogP contribution in [0.5, 0.6) is 0 Å².